The van der Waals surface area contributed by atoms with Crippen molar-refractivity contribution in [3.05, 3.63) is 65.1 Å². The summed E-state index contributed by atoms with van der Waals surface area (Å²) in [5.74, 6) is 0.457. The second-order valence-electron chi connectivity index (χ2n) is 5.42. The number of hydrogen-bond donors (Lipinski definition) is 0. The molecule has 6 heteroatoms. The molecule has 0 radical (unpaired) electrons. The van der Waals surface area contributed by atoms with Crippen LogP contribution >= 0.6 is 0 Å². The van der Waals surface area contributed by atoms with Gasteiger partial charge in [0.25, 0.3) is 0 Å². The first-order valence-corrected chi connectivity index (χ1v) is 8.29. The molecule has 0 fully saturated rings. The summed E-state index contributed by atoms with van der Waals surface area (Å²) in [7, 11) is 0. The quantitative estimate of drug-likeness (QED) is 0.581. The van der Waals surface area contributed by atoms with Crippen molar-refractivity contribution in [1.82, 2.24) is 0 Å². The highest BCUT2D eigenvalue weighted by atomic mass is 19.1. The van der Waals surface area contributed by atoms with Crippen molar-refractivity contribution < 1.29 is 23.4 Å². The molecular formula is C20H18FNO4. The van der Waals surface area contributed by atoms with Crippen LogP contribution in [0.4, 0.5) is 4.39 Å². The van der Waals surface area contributed by atoms with Crippen molar-refractivity contribution in [2.45, 2.75) is 13.8 Å². The number of hydrogen-bond acceptors (Lipinski definition) is 5. The normalized spacial score (nSPS) is 15.0. The molecule has 3 rings (SSSR count). The molecule has 0 amide bonds. The van der Waals surface area contributed by atoms with E-state index >= 15 is 0 Å². The Kier molecular flexibility index (Phi) is 5.31. The van der Waals surface area contributed by atoms with E-state index in [4.69, 9.17) is 14.2 Å². The zero-order valence-corrected chi connectivity index (χ0v) is 14.5. The smallest absolute Gasteiger partial charge is 0.363 e. The van der Waals surface area contributed by atoms with E-state index < -0.39 is 5.97 Å². The fourth-order valence-electron chi connectivity index (χ4n) is 2.43. The minimum Gasteiger partial charge on any atom is -0.490 e. The molecule has 0 aliphatic carbocycles. The molecule has 2 aromatic carbocycles. The van der Waals surface area contributed by atoms with Gasteiger partial charge < -0.3 is 14.2 Å². The van der Waals surface area contributed by atoms with E-state index in [9.17, 15) is 9.18 Å². The number of cyclic esters (lactones) is 1. The second-order valence-corrected chi connectivity index (χ2v) is 5.42. The van der Waals surface area contributed by atoms with Crippen LogP contribution in [-0.4, -0.2) is 25.1 Å². The van der Waals surface area contributed by atoms with Gasteiger partial charge in [0.05, 0.1) is 13.2 Å². The highest BCUT2D eigenvalue weighted by molar-refractivity contribution is 6.13. The number of ether oxygens (including phenoxy) is 3. The maximum Gasteiger partial charge on any atom is 0.363 e. The summed E-state index contributed by atoms with van der Waals surface area (Å²) in [6, 6.07) is 11.0. The van der Waals surface area contributed by atoms with Gasteiger partial charge in [-0.15, -0.1) is 0 Å². The van der Waals surface area contributed by atoms with Crippen LogP contribution in [0, 0.1) is 5.82 Å². The van der Waals surface area contributed by atoms with Crippen molar-refractivity contribution >= 4 is 17.9 Å². The molecule has 134 valence electrons. The van der Waals surface area contributed by atoms with Gasteiger partial charge in [0, 0.05) is 5.56 Å². The Bertz CT molecular complexity index is 872. The largest absolute Gasteiger partial charge is 0.490 e. The molecule has 2 aromatic rings. The van der Waals surface area contributed by atoms with E-state index in [2.05, 4.69) is 4.99 Å². The number of nitrogens with zero attached hydrogens (tertiary/aromatic N) is 1. The molecule has 1 aliphatic heterocycles. The highest BCUT2D eigenvalue weighted by Crippen LogP contribution is 2.30. The molecule has 0 atom stereocenters. The van der Waals surface area contributed by atoms with Gasteiger partial charge >= 0.3 is 5.97 Å². The van der Waals surface area contributed by atoms with Crippen LogP contribution in [0.25, 0.3) is 6.08 Å². The lowest BCUT2D eigenvalue weighted by molar-refractivity contribution is -0.129. The number of aliphatic imine (C=N–C) groups is 1. The SMILES string of the molecule is CCOc1ccc(C2=N/C(=C/c3ccc(F)cc3)C(=O)O2)cc1OCC. The zero-order valence-electron chi connectivity index (χ0n) is 14.5. The Morgan fingerprint density at radius 1 is 1.04 bits per heavy atom. The van der Waals surface area contributed by atoms with Crippen LogP contribution in [0.1, 0.15) is 25.0 Å². The molecule has 26 heavy (non-hydrogen) atoms. The summed E-state index contributed by atoms with van der Waals surface area (Å²) >= 11 is 0. The van der Waals surface area contributed by atoms with Gasteiger partial charge in [0.1, 0.15) is 5.82 Å². The van der Waals surface area contributed by atoms with Crippen molar-refractivity contribution in [3.8, 4) is 11.5 Å². The predicted octanol–water partition coefficient (Wildman–Crippen LogP) is 3.97. The standard InChI is InChI=1S/C20H18FNO4/c1-3-24-17-10-7-14(12-18(17)25-4-2)19-22-16(20(23)26-19)11-13-5-8-15(21)9-6-13/h5-12H,3-4H2,1-2H3/b16-11+. The van der Waals surface area contributed by atoms with Crippen LogP contribution in [0.5, 0.6) is 11.5 Å². The number of carbonyl (C=O) groups excluding carboxylic acids is 1. The van der Waals surface area contributed by atoms with Gasteiger partial charge in [0.15, 0.2) is 17.2 Å². The topological polar surface area (TPSA) is 57.1 Å². The van der Waals surface area contributed by atoms with E-state index in [0.29, 0.717) is 35.8 Å². The minimum atomic E-state index is -0.559. The van der Waals surface area contributed by atoms with Gasteiger partial charge in [-0.3, -0.25) is 0 Å². The van der Waals surface area contributed by atoms with Gasteiger partial charge in [-0.1, -0.05) is 12.1 Å². The lowest BCUT2D eigenvalue weighted by Gasteiger charge is -2.11. The lowest BCUT2D eigenvalue weighted by atomic mass is 10.2. The minimum absolute atomic E-state index is 0.151. The summed E-state index contributed by atoms with van der Waals surface area (Å²) in [5, 5.41) is 0. The van der Waals surface area contributed by atoms with Gasteiger partial charge in [-0.25, -0.2) is 14.2 Å². The van der Waals surface area contributed by atoms with E-state index in [1.807, 2.05) is 13.8 Å². The fraction of sp³-hybridized carbons (Fsp3) is 0.200. The number of rotatable bonds is 6. The van der Waals surface area contributed by atoms with E-state index in [1.165, 1.54) is 12.1 Å². The Morgan fingerprint density at radius 3 is 2.42 bits per heavy atom. The Morgan fingerprint density at radius 2 is 1.73 bits per heavy atom. The number of halogens is 1. The molecule has 1 aliphatic rings. The van der Waals surface area contributed by atoms with Gasteiger partial charge in [0.2, 0.25) is 5.90 Å². The summed E-state index contributed by atoms with van der Waals surface area (Å²) in [6.45, 7) is 4.75. The molecule has 5 nitrogen and oxygen atoms in total. The highest BCUT2D eigenvalue weighted by Gasteiger charge is 2.25. The van der Waals surface area contributed by atoms with Gasteiger partial charge in [-0.2, -0.15) is 0 Å². The number of carbonyl (C=O) groups is 1. The van der Waals surface area contributed by atoms with Crippen LogP contribution < -0.4 is 9.47 Å². The Balaban J connectivity index is 1.90. The second kappa shape index (κ2) is 7.82. The first-order valence-electron chi connectivity index (χ1n) is 8.29. The molecule has 0 spiro atoms. The van der Waals surface area contributed by atoms with Gasteiger partial charge in [-0.05, 0) is 55.8 Å². The fourth-order valence-corrected chi connectivity index (χ4v) is 2.43. The van der Waals surface area contributed by atoms with E-state index in [1.54, 1.807) is 36.4 Å². The summed E-state index contributed by atoms with van der Waals surface area (Å²) in [6.07, 6.45) is 1.55. The molecular weight excluding hydrogens is 337 g/mol. The van der Waals surface area contributed by atoms with Crippen LogP contribution in [0.2, 0.25) is 0 Å². The van der Waals surface area contributed by atoms with Crippen LogP contribution in [0.3, 0.4) is 0 Å². The third-order valence-electron chi connectivity index (χ3n) is 3.58. The number of esters is 1. The first kappa shape index (κ1) is 17.7. The molecule has 0 aromatic heterocycles. The number of benzene rings is 2. The molecule has 0 bridgehead atoms. The third kappa shape index (κ3) is 3.91. The summed E-state index contributed by atoms with van der Waals surface area (Å²) in [5.41, 5.74) is 1.41. The molecule has 0 unspecified atom stereocenters. The first-order chi connectivity index (χ1) is 12.6. The molecule has 0 saturated heterocycles. The maximum atomic E-state index is 13.0. The van der Waals surface area contributed by atoms with Crippen molar-refractivity contribution in [1.29, 1.82) is 0 Å². The zero-order chi connectivity index (χ0) is 18.5. The average molecular weight is 355 g/mol. The van der Waals surface area contributed by atoms with E-state index in [-0.39, 0.29) is 17.4 Å². The van der Waals surface area contributed by atoms with Crippen LogP contribution in [-0.2, 0) is 9.53 Å². The lowest BCUT2D eigenvalue weighted by Crippen LogP contribution is -2.06. The Hall–Kier alpha value is -3.15. The van der Waals surface area contributed by atoms with Crippen molar-refractivity contribution in [2.24, 2.45) is 4.99 Å². The Labute approximate surface area is 150 Å². The molecule has 1 heterocycles. The molecule has 0 saturated carbocycles. The van der Waals surface area contributed by atoms with Crippen molar-refractivity contribution in [2.75, 3.05) is 13.2 Å². The monoisotopic (exact) mass is 355 g/mol. The predicted molar refractivity (Wildman–Crippen MR) is 95.8 cm³/mol. The average Bonchev–Trinajstić information content (AvgIpc) is 2.99. The van der Waals surface area contributed by atoms with E-state index in [0.717, 1.165) is 0 Å². The van der Waals surface area contributed by atoms with Crippen molar-refractivity contribution in [3.63, 3.8) is 0 Å². The summed E-state index contributed by atoms with van der Waals surface area (Å²) in [4.78, 5) is 16.3. The molecule has 0 N–H and O–H groups in total. The summed E-state index contributed by atoms with van der Waals surface area (Å²) < 4.78 is 29.4. The third-order valence-corrected chi connectivity index (χ3v) is 3.58. The maximum absolute atomic E-state index is 13.0. The van der Waals surface area contributed by atoms with Crippen LogP contribution in [0.15, 0.2) is 53.2 Å².